The van der Waals surface area contributed by atoms with Crippen LogP contribution >= 0.6 is 0 Å². The zero-order chi connectivity index (χ0) is 14.4. The summed E-state index contributed by atoms with van der Waals surface area (Å²) in [6, 6.07) is 6.12. The van der Waals surface area contributed by atoms with Crippen molar-refractivity contribution in [3.63, 3.8) is 0 Å². The molecule has 2 unspecified atom stereocenters. The lowest BCUT2D eigenvalue weighted by molar-refractivity contribution is 0.286. The Morgan fingerprint density at radius 1 is 1.33 bits per heavy atom. The predicted molar refractivity (Wildman–Crippen MR) is 81.7 cm³/mol. The molecule has 1 aromatic carbocycles. The standard InChI is InChI=1S/C17H22FN3/c1-2-11-8-9-19-14(10-11)17-20-16-13(18)4-3-5-15(16)21(17)12-6-7-12/h3-5,11-12,14,19H,2,6-10H2,1H3. The van der Waals surface area contributed by atoms with Gasteiger partial charge in [-0.25, -0.2) is 9.37 Å². The van der Waals surface area contributed by atoms with Crippen LogP contribution in [0.15, 0.2) is 18.2 Å². The van der Waals surface area contributed by atoms with Gasteiger partial charge in [0.2, 0.25) is 0 Å². The SMILES string of the molecule is CCC1CCNC(c2nc3c(F)cccc3n2C2CC2)C1. The number of fused-ring (bicyclic) bond motifs is 1. The van der Waals surface area contributed by atoms with Gasteiger partial charge in [-0.2, -0.15) is 0 Å². The number of piperidine rings is 1. The van der Waals surface area contributed by atoms with Crippen molar-refractivity contribution in [3.8, 4) is 0 Å². The van der Waals surface area contributed by atoms with Crippen LogP contribution in [0.5, 0.6) is 0 Å². The normalized spacial score (nSPS) is 26.4. The molecule has 4 rings (SSSR count). The molecular formula is C17H22FN3. The predicted octanol–water partition coefficient (Wildman–Crippen LogP) is 3.96. The van der Waals surface area contributed by atoms with E-state index in [0.717, 1.165) is 30.2 Å². The number of nitrogens with one attached hydrogen (secondary N) is 1. The average Bonchev–Trinajstić information content (AvgIpc) is 3.27. The van der Waals surface area contributed by atoms with Crippen LogP contribution in [0, 0.1) is 11.7 Å². The summed E-state index contributed by atoms with van der Waals surface area (Å²) in [7, 11) is 0. The van der Waals surface area contributed by atoms with E-state index in [1.807, 2.05) is 6.07 Å². The van der Waals surface area contributed by atoms with Crippen molar-refractivity contribution in [1.82, 2.24) is 14.9 Å². The van der Waals surface area contributed by atoms with Crippen LogP contribution in [-0.2, 0) is 0 Å². The number of hydrogen-bond donors (Lipinski definition) is 1. The molecule has 2 aliphatic rings. The Hall–Kier alpha value is -1.42. The Bertz CT molecular complexity index is 659. The summed E-state index contributed by atoms with van der Waals surface area (Å²) in [5.74, 6) is 1.61. The maximum atomic E-state index is 14.1. The Balaban J connectivity index is 1.80. The zero-order valence-corrected chi connectivity index (χ0v) is 12.5. The third kappa shape index (κ3) is 2.26. The topological polar surface area (TPSA) is 29.9 Å². The largest absolute Gasteiger partial charge is 0.323 e. The highest BCUT2D eigenvalue weighted by atomic mass is 19.1. The number of aromatic nitrogens is 2. The molecule has 2 heterocycles. The highest BCUT2D eigenvalue weighted by molar-refractivity contribution is 5.77. The van der Waals surface area contributed by atoms with E-state index >= 15 is 0 Å². The Morgan fingerprint density at radius 2 is 2.19 bits per heavy atom. The van der Waals surface area contributed by atoms with E-state index in [1.165, 1.54) is 31.7 Å². The molecule has 1 N–H and O–H groups in total. The number of halogens is 1. The zero-order valence-electron chi connectivity index (χ0n) is 12.5. The van der Waals surface area contributed by atoms with Gasteiger partial charge in [0, 0.05) is 6.04 Å². The van der Waals surface area contributed by atoms with Gasteiger partial charge in [-0.1, -0.05) is 19.4 Å². The summed E-state index contributed by atoms with van der Waals surface area (Å²) in [5.41, 5.74) is 1.51. The monoisotopic (exact) mass is 287 g/mol. The molecule has 2 aromatic rings. The van der Waals surface area contributed by atoms with Crippen molar-refractivity contribution in [2.24, 2.45) is 5.92 Å². The van der Waals surface area contributed by atoms with Crippen molar-refractivity contribution in [3.05, 3.63) is 29.8 Å². The first kappa shape index (κ1) is 13.3. The minimum atomic E-state index is -0.198. The van der Waals surface area contributed by atoms with E-state index < -0.39 is 0 Å². The molecule has 1 aliphatic heterocycles. The Morgan fingerprint density at radius 3 is 2.95 bits per heavy atom. The van der Waals surface area contributed by atoms with E-state index in [-0.39, 0.29) is 11.9 Å². The van der Waals surface area contributed by atoms with Gasteiger partial charge in [0.1, 0.15) is 11.3 Å². The first-order valence-electron chi connectivity index (χ1n) is 8.17. The van der Waals surface area contributed by atoms with E-state index in [2.05, 4.69) is 16.8 Å². The van der Waals surface area contributed by atoms with Gasteiger partial charge in [-0.15, -0.1) is 0 Å². The lowest BCUT2D eigenvalue weighted by atomic mass is 9.90. The van der Waals surface area contributed by atoms with Gasteiger partial charge in [-0.3, -0.25) is 0 Å². The number of imidazole rings is 1. The van der Waals surface area contributed by atoms with Crippen molar-refractivity contribution in [2.45, 2.75) is 51.1 Å². The molecule has 0 radical (unpaired) electrons. The van der Waals surface area contributed by atoms with Crippen LogP contribution in [0.3, 0.4) is 0 Å². The molecule has 4 heteroatoms. The maximum absolute atomic E-state index is 14.1. The molecule has 2 atom stereocenters. The van der Waals surface area contributed by atoms with E-state index in [1.54, 1.807) is 6.07 Å². The molecule has 1 saturated carbocycles. The van der Waals surface area contributed by atoms with Gasteiger partial charge >= 0.3 is 0 Å². The second kappa shape index (κ2) is 5.09. The molecular weight excluding hydrogens is 265 g/mol. The highest BCUT2D eigenvalue weighted by Crippen LogP contribution is 2.41. The van der Waals surface area contributed by atoms with Crippen molar-refractivity contribution >= 4 is 11.0 Å². The molecule has 0 amide bonds. The fraction of sp³-hybridized carbons (Fsp3) is 0.588. The summed E-state index contributed by atoms with van der Waals surface area (Å²) in [4.78, 5) is 4.69. The van der Waals surface area contributed by atoms with Gasteiger partial charge in [0.25, 0.3) is 0 Å². The van der Waals surface area contributed by atoms with Gasteiger partial charge in [0.15, 0.2) is 5.82 Å². The molecule has 1 aromatic heterocycles. The molecule has 1 saturated heterocycles. The maximum Gasteiger partial charge on any atom is 0.151 e. The fourth-order valence-electron chi connectivity index (χ4n) is 3.63. The summed E-state index contributed by atoms with van der Waals surface area (Å²) in [6.45, 7) is 3.30. The second-order valence-corrected chi connectivity index (χ2v) is 6.48. The highest BCUT2D eigenvalue weighted by Gasteiger charge is 2.33. The number of hydrogen-bond acceptors (Lipinski definition) is 2. The van der Waals surface area contributed by atoms with Crippen molar-refractivity contribution in [1.29, 1.82) is 0 Å². The quantitative estimate of drug-likeness (QED) is 0.926. The first-order chi connectivity index (χ1) is 10.3. The molecule has 0 spiro atoms. The summed E-state index contributed by atoms with van der Waals surface area (Å²) in [6.07, 6.45) is 5.97. The number of para-hydroxylation sites is 1. The third-order valence-corrected chi connectivity index (χ3v) is 5.01. The molecule has 1 aliphatic carbocycles. The van der Waals surface area contributed by atoms with Gasteiger partial charge in [-0.05, 0) is 50.3 Å². The minimum absolute atomic E-state index is 0.198. The number of benzene rings is 1. The summed E-state index contributed by atoms with van der Waals surface area (Å²) in [5, 5.41) is 3.60. The van der Waals surface area contributed by atoms with E-state index in [4.69, 9.17) is 4.98 Å². The summed E-state index contributed by atoms with van der Waals surface area (Å²) < 4.78 is 16.4. The second-order valence-electron chi connectivity index (χ2n) is 6.48. The molecule has 21 heavy (non-hydrogen) atoms. The Kier molecular flexibility index (Phi) is 3.21. The lowest BCUT2D eigenvalue weighted by Gasteiger charge is -2.29. The van der Waals surface area contributed by atoms with E-state index in [0.29, 0.717) is 11.6 Å². The van der Waals surface area contributed by atoms with Crippen molar-refractivity contribution < 1.29 is 4.39 Å². The molecule has 2 fully saturated rings. The van der Waals surface area contributed by atoms with Crippen LogP contribution in [-0.4, -0.2) is 16.1 Å². The van der Waals surface area contributed by atoms with Gasteiger partial charge < -0.3 is 9.88 Å². The van der Waals surface area contributed by atoms with Crippen LogP contribution in [0.4, 0.5) is 4.39 Å². The molecule has 0 bridgehead atoms. The van der Waals surface area contributed by atoms with Crippen LogP contribution in [0.2, 0.25) is 0 Å². The lowest BCUT2D eigenvalue weighted by Crippen LogP contribution is -2.33. The fourth-order valence-corrected chi connectivity index (χ4v) is 3.63. The van der Waals surface area contributed by atoms with Crippen LogP contribution in [0.1, 0.15) is 56.9 Å². The van der Waals surface area contributed by atoms with Gasteiger partial charge in [0.05, 0.1) is 11.6 Å². The molecule has 112 valence electrons. The number of nitrogens with zero attached hydrogens (tertiary/aromatic N) is 2. The molecule has 3 nitrogen and oxygen atoms in total. The van der Waals surface area contributed by atoms with Crippen molar-refractivity contribution in [2.75, 3.05) is 6.54 Å². The van der Waals surface area contributed by atoms with E-state index in [9.17, 15) is 4.39 Å². The number of rotatable bonds is 3. The smallest absolute Gasteiger partial charge is 0.151 e. The minimum Gasteiger partial charge on any atom is -0.323 e. The van der Waals surface area contributed by atoms with Crippen LogP contribution < -0.4 is 5.32 Å². The first-order valence-corrected chi connectivity index (χ1v) is 8.17. The summed E-state index contributed by atoms with van der Waals surface area (Å²) >= 11 is 0. The Labute approximate surface area is 124 Å². The third-order valence-electron chi connectivity index (χ3n) is 5.01. The average molecular weight is 287 g/mol. The van der Waals surface area contributed by atoms with Crippen LogP contribution in [0.25, 0.3) is 11.0 Å².